The van der Waals surface area contributed by atoms with E-state index in [0.29, 0.717) is 23.8 Å². The highest BCUT2D eigenvalue weighted by Gasteiger charge is 2.42. The summed E-state index contributed by atoms with van der Waals surface area (Å²) >= 11 is 0. The van der Waals surface area contributed by atoms with E-state index in [1.807, 2.05) is 24.8 Å². The standard InChI is InChI=1S/C28H36FN5O3/c1-17-26(18(2)31-16-30-17)28(36)34-14-21-12-33(13-22(21)15-34)8-7-25(19-5-4-6-23(29)9-19)32-27(35)20-10-24(11-20)37-3/h4-6,9,16,20-22,24-25H,7-8,10-15H2,1-3H3,(H,32,35)/t20?,21-,22?,24?,25?/m0/s1. The molecule has 2 unspecified atom stereocenters. The zero-order valence-corrected chi connectivity index (χ0v) is 21.8. The van der Waals surface area contributed by atoms with Gasteiger partial charge in [0.15, 0.2) is 0 Å². The number of nitrogens with one attached hydrogen (secondary N) is 1. The SMILES string of the molecule is COC1CC(C(=O)NC(CCN2CC3CN(C(=O)c4c(C)ncnc4C)C[C@@H]3C2)c2cccc(F)c2)C1. The van der Waals surface area contributed by atoms with E-state index in [0.717, 1.165) is 62.5 Å². The van der Waals surface area contributed by atoms with Crippen LogP contribution in [-0.4, -0.2) is 77.5 Å². The van der Waals surface area contributed by atoms with Crippen molar-refractivity contribution in [2.45, 2.75) is 45.3 Å². The summed E-state index contributed by atoms with van der Waals surface area (Å²) in [6, 6.07) is 6.28. The summed E-state index contributed by atoms with van der Waals surface area (Å²) in [6.45, 7) is 7.82. The van der Waals surface area contributed by atoms with Gasteiger partial charge in [0.25, 0.3) is 5.91 Å². The summed E-state index contributed by atoms with van der Waals surface area (Å²) in [4.78, 5) is 38.8. The average Bonchev–Trinajstić information content (AvgIpc) is 3.40. The first-order valence-electron chi connectivity index (χ1n) is 13.2. The van der Waals surface area contributed by atoms with E-state index < -0.39 is 0 Å². The number of hydrogen-bond acceptors (Lipinski definition) is 6. The lowest BCUT2D eigenvalue weighted by Crippen LogP contribution is -2.43. The normalized spacial score (nSPS) is 26.0. The van der Waals surface area contributed by atoms with Crippen molar-refractivity contribution in [2.75, 3.05) is 39.8 Å². The molecule has 3 heterocycles. The van der Waals surface area contributed by atoms with Crippen molar-refractivity contribution in [3.63, 3.8) is 0 Å². The van der Waals surface area contributed by atoms with Crippen LogP contribution < -0.4 is 5.32 Å². The van der Waals surface area contributed by atoms with Crippen molar-refractivity contribution in [3.8, 4) is 0 Å². The van der Waals surface area contributed by atoms with Crippen LogP contribution in [0.5, 0.6) is 0 Å². The summed E-state index contributed by atoms with van der Waals surface area (Å²) in [5, 5.41) is 3.18. The van der Waals surface area contributed by atoms with E-state index in [1.54, 1.807) is 13.2 Å². The molecular weight excluding hydrogens is 473 g/mol. The smallest absolute Gasteiger partial charge is 0.257 e. The highest BCUT2D eigenvalue weighted by atomic mass is 19.1. The predicted octanol–water partition coefficient (Wildman–Crippen LogP) is 2.91. The lowest BCUT2D eigenvalue weighted by atomic mass is 9.81. The lowest BCUT2D eigenvalue weighted by Gasteiger charge is -2.34. The van der Waals surface area contributed by atoms with Crippen molar-refractivity contribution in [1.29, 1.82) is 0 Å². The molecule has 37 heavy (non-hydrogen) atoms. The second-order valence-corrected chi connectivity index (χ2v) is 10.8. The quantitative estimate of drug-likeness (QED) is 0.589. The van der Waals surface area contributed by atoms with Gasteiger partial charge in [0.05, 0.1) is 29.1 Å². The molecule has 1 aromatic heterocycles. The van der Waals surface area contributed by atoms with Crippen LogP contribution in [0.1, 0.15) is 52.6 Å². The number of aromatic nitrogens is 2. The fourth-order valence-corrected chi connectivity index (χ4v) is 6.12. The number of rotatable bonds is 8. The molecule has 1 N–H and O–H groups in total. The van der Waals surface area contributed by atoms with Crippen LogP contribution in [-0.2, 0) is 9.53 Å². The number of nitrogens with zero attached hydrogens (tertiary/aromatic N) is 4. The van der Waals surface area contributed by atoms with Crippen LogP contribution in [0.3, 0.4) is 0 Å². The van der Waals surface area contributed by atoms with Gasteiger partial charge in [-0.25, -0.2) is 14.4 Å². The summed E-state index contributed by atoms with van der Waals surface area (Å²) < 4.78 is 19.3. The van der Waals surface area contributed by atoms with E-state index in [2.05, 4.69) is 20.2 Å². The van der Waals surface area contributed by atoms with E-state index in [-0.39, 0.29) is 35.7 Å². The van der Waals surface area contributed by atoms with Gasteiger partial charge in [0.1, 0.15) is 12.1 Å². The summed E-state index contributed by atoms with van der Waals surface area (Å²) in [6.07, 6.45) is 3.83. The Hall–Kier alpha value is -2.91. The Morgan fingerprint density at radius 3 is 2.41 bits per heavy atom. The molecule has 1 saturated carbocycles. The fraction of sp³-hybridized carbons (Fsp3) is 0.571. The first kappa shape index (κ1) is 25.7. The minimum absolute atomic E-state index is 0.0190. The molecule has 1 aliphatic carbocycles. The Balaban J connectivity index is 1.17. The molecule has 8 nitrogen and oxygen atoms in total. The first-order valence-corrected chi connectivity index (χ1v) is 13.2. The monoisotopic (exact) mass is 509 g/mol. The molecule has 2 saturated heterocycles. The number of carbonyl (C=O) groups is 2. The Labute approximate surface area is 217 Å². The number of halogens is 1. The van der Waals surface area contributed by atoms with Crippen LogP contribution in [0.25, 0.3) is 0 Å². The topological polar surface area (TPSA) is 87.7 Å². The van der Waals surface area contributed by atoms with Crippen molar-refractivity contribution in [3.05, 3.63) is 58.9 Å². The molecule has 3 fully saturated rings. The maximum absolute atomic E-state index is 14.0. The lowest BCUT2D eigenvalue weighted by molar-refractivity contribution is -0.133. The maximum atomic E-state index is 14.0. The third-order valence-corrected chi connectivity index (χ3v) is 8.39. The molecule has 3 atom stereocenters. The van der Waals surface area contributed by atoms with Crippen LogP contribution in [0.2, 0.25) is 0 Å². The van der Waals surface area contributed by atoms with Gasteiger partial charge in [0, 0.05) is 45.8 Å². The second-order valence-electron chi connectivity index (χ2n) is 10.8. The Morgan fingerprint density at radius 2 is 1.78 bits per heavy atom. The van der Waals surface area contributed by atoms with Gasteiger partial charge >= 0.3 is 0 Å². The van der Waals surface area contributed by atoms with Crippen LogP contribution in [0.4, 0.5) is 4.39 Å². The van der Waals surface area contributed by atoms with Gasteiger partial charge in [-0.3, -0.25) is 9.59 Å². The molecule has 0 spiro atoms. The molecule has 3 aliphatic rings. The number of hydrogen-bond donors (Lipinski definition) is 1. The van der Waals surface area contributed by atoms with Crippen LogP contribution in [0.15, 0.2) is 30.6 Å². The van der Waals surface area contributed by atoms with Gasteiger partial charge in [-0.2, -0.15) is 0 Å². The van der Waals surface area contributed by atoms with E-state index in [4.69, 9.17) is 4.74 Å². The van der Waals surface area contributed by atoms with Gasteiger partial charge in [-0.15, -0.1) is 0 Å². The zero-order chi connectivity index (χ0) is 26.1. The molecule has 5 rings (SSSR count). The molecule has 198 valence electrons. The van der Waals surface area contributed by atoms with Crippen molar-refractivity contribution in [1.82, 2.24) is 25.1 Å². The molecule has 2 aromatic rings. The van der Waals surface area contributed by atoms with E-state index >= 15 is 0 Å². The molecule has 2 amide bonds. The van der Waals surface area contributed by atoms with Gasteiger partial charge in [-0.1, -0.05) is 12.1 Å². The maximum Gasteiger partial charge on any atom is 0.257 e. The number of methoxy groups -OCH3 is 1. The molecular formula is C28H36FN5O3. The number of fused-ring (bicyclic) bond motifs is 1. The van der Waals surface area contributed by atoms with Crippen molar-refractivity contribution < 1.29 is 18.7 Å². The van der Waals surface area contributed by atoms with Crippen LogP contribution in [0, 0.1) is 37.4 Å². The number of carbonyl (C=O) groups excluding carboxylic acids is 2. The minimum atomic E-state index is -0.297. The van der Waals surface area contributed by atoms with Gasteiger partial charge < -0.3 is 19.9 Å². The highest BCUT2D eigenvalue weighted by molar-refractivity contribution is 5.96. The summed E-state index contributed by atoms with van der Waals surface area (Å²) in [7, 11) is 1.67. The third kappa shape index (κ3) is 5.52. The molecule has 0 bridgehead atoms. The Bertz CT molecular complexity index is 1120. The van der Waals surface area contributed by atoms with Crippen LogP contribution >= 0.6 is 0 Å². The summed E-state index contributed by atoms with van der Waals surface area (Å²) in [5.41, 5.74) is 2.86. The zero-order valence-electron chi connectivity index (χ0n) is 21.8. The van der Waals surface area contributed by atoms with E-state index in [1.165, 1.54) is 18.5 Å². The predicted molar refractivity (Wildman–Crippen MR) is 136 cm³/mol. The summed E-state index contributed by atoms with van der Waals surface area (Å²) in [5.74, 6) is 0.560. The van der Waals surface area contributed by atoms with E-state index in [9.17, 15) is 14.0 Å². The first-order chi connectivity index (χ1) is 17.8. The average molecular weight is 510 g/mol. The van der Waals surface area contributed by atoms with Gasteiger partial charge in [-0.05, 0) is 62.6 Å². The highest BCUT2D eigenvalue weighted by Crippen LogP contribution is 2.34. The molecule has 0 radical (unpaired) electrons. The molecule has 9 heteroatoms. The minimum Gasteiger partial charge on any atom is -0.381 e. The number of benzene rings is 1. The number of ether oxygens (including phenoxy) is 1. The Kier molecular flexibility index (Phi) is 7.53. The third-order valence-electron chi connectivity index (χ3n) is 8.39. The van der Waals surface area contributed by atoms with Crippen molar-refractivity contribution in [2.24, 2.45) is 17.8 Å². The largest absolute Gasteiger partial charge is 0.381 e. The number of aryl methyl sites for hydroxylation is 2. The fourth-order valence-electron chi connectivity index (χ4n) is 6.12. The molecule has 1 aromatic carbocycles. The number of likely N-dealkylation sites (tertiary alicyclic amines) is 2. The second kappa shape index (κ2) is 10.8. The Morgan fingerprint density at radius 1 is 1.11 bits per heavy atom. The number of amides is 2. The van der Waals surface area contributed by atoms with Gasteiger partial charge in [0.2, 0.25) is 5.91 Å². The molecule has 2 aliphatic heterocycles. The van der Waals surface area contributed by atoms with Crippen molar-refractivity contribution >= 4 is 11.8 Å².